The normalized spacial score (nSPS) is 10.8. The lowest BCUT2D eigenvalue weighted by atomic mass is 9.99. The number of anilines is 1. The van der Waals surface area contributed by atoms with Crippen LogP contribution >= 0.6 is 0 Å². The van der Waals surface area contributed by atoms with Crippen molar-refractivity contribution in [1.82, 2.24) is 9.78 Å². The van der Waals surface area contributed by atoms with Gasteiger partial charge in [0.15, 0.2) is 11.6 Å². The molecule has 0 bridgehead atoms. The Labute approximate surface area is 164 Å². The number of aromatic nitrogens is 2. The van der Waals surface area contributed by atoms with Gasteiger partial charge in [0.05, 0.1) is 16.9 Å². The van der Waals surface area contributed by atoms with Gasteiger partial charge in [-0.2, -0.15) is 0 Å². The number of hydrogen-bond acceptors (Lipinski definition) is 3. The third-order valence-corrected chi connectivity index (χ3v) is 4.82. The molecule has 4 heteroatoms. The lowest BCUT2D eigenvalue weighted by Crippen LogP contribution is -2.06. The molecule has 3 aromatic carbocycles. The van der Waals surface area contributed by atoms with Gasteiger partial charge in [-0.1, -0.05) is 72.8 Å². The quantitative estimate of drug-likeness (QED) is 0.518. The van der Waals surface area contributed by atoms with Crippen molar-refractivity contribution in [3.05, 3.63) is 101 Å². The van der Waals surface area contributed by atoms with Crippen LogP contribution in [0.3, 0.4) is 0 Å². The third-order valence-electron chi connectivity index (χ3n) is 4.82. The molecule has 0 saturated heterocycles. The highest BCUT2D eigenvalue weighted by atomic mass is 16.1. The van der Waals surface area contributed by atoms with Crippen LogP contribution in [0.4, 0.5) is 5.82 Å². The van der Waals surface area contributed by atoms with Gasteiger partial charge >= 0.3 is 0 Å². The second-order valence-electron chi connectivity index (χ2n) is 6.87. The van der Waals surface area contributed by atoms with Crippen molar-refractivity contribution in [3.8, 4) is 16.9 Å². The van der Waals surface area contributed by atoms with Gasteiger partial charge in [0, 0.05) is 11.1 Å². The van der Waals surface area contributed by atoms with E-state index in [0.717, 1.165) is 22.4 Å². The summed E-state index contributed by atoms with van der Waals surface area (Å²) in [6.07, 6.45) is 0. The van der Waals surface area contributed by atoms with Crippen molar-refractivity contribution in [2.75, 3.05) is 5.73 Å². The number of hydrogen-bond donors (Lipinski definition) is 1. The van der Waals surface area contributed by atoms with Gasteiger partial charge < -0.3 is 5.73 Å². The van der Waals surface area contributed by atoms with Gasteiger partial charge in [0.25, 0.3) is 0 Å². The molecule has 0 saturated carbocycles. The highest BCUT2D eigenvalue weighted by Crippen LogP contribution is 2.33. The Morgan fingerprint density at radius 3 is 2.21 bits per heavy atom. The van der Waals surface area contributed by atoms with E-state index >= 15 is 0 Å². The zero-order valence-electron chi connectivity index (χ0n) is 15.9. The van der Waals surface area contributed by atoms with Crippen molar-refractivity contribution < 1.29 is 4.79 Å². The van der Waals surface area contributed by atoms with Crippen LogP contribution < -0.4 is 5.73 Å². The number of ketones is 1. The molecule has 0 spiro atoms. The molecule has 0 atom stereocenters. The molecule has 4 rings (SSSR count). The molecule has 0 radical (unpaired) electrons. The van der Waals surface area contributed by atoms with Crippen LogP contribution in [0.5, 0.6) is 0 Å². The standard InChI is InChI=1S/C24H21N3O/c1-16-13-14-17(2)20(15-16)27-22(18-9-5-3-6-10-18)21(24(25)26-27)23(28)19-11-7-4-8-12-19/h3-15H,1-2H3,(H2,25,26). The number of aryl methyl sites for hydroxylation is 2. The minimum Gasteiger partial charge on any atom is -0.382 e. The Bertz CT molecular complexity index is 1150. The van der Waals surface area contributed by atoms with E-state index in [1.807, 2.05) is 62.4 Å². The molecular weight excluding hydrogens is 346 g/mol. The van der Waals surface area contributed by atoms with Crippen LogP contribution in [-0.4, -0.2) is 15.6 Å². The minimum atomic E-state index is -0.131. The van der Waals surface area contributed by atoms with E-state index in [2.05, 4.69) is 23.3 Å². The Morgan fingerprint density at radius 1 is 0.893 bits per heavy atom. The molecular formula is C24H21N3O. The van der Waals surface area contributed by atoms with Gasteiger partial charge in [0.2, 0.25) is 0 Å². The number of rotatable bonds is 4. The lowest BCUT2D eigenvalue weighted by molar-refractivity contribution is 0.104. The Kier molecular flexibility index (Phi) is 4.53. The molecule has 1 heterocycles. The predicted molar refractivity (Wildman–Crippen MR) is 113 cm³/mol. The highest BCUT2D eigenvalue weighted by Gasteiger charge is 2.25. The number of carbonyl (C=O) groups excluding carboxylic acids is 1. The second kappa shape index (κ2) is 7.16. The van der Waals surface area contributed by atoms with Gasteiger partial charge in [-0.15, -0.1) is 5.10 Å². The van der Waals surface area contributed by atoms with Gasteiger partial charge in [-0.25, -0.2) is 4.68 Å². The summed E-state index contributed by atoms with van der Waals surface area (Å²) in [6.45, 7) is 4.06. The first kappa shape index (κ1) is 17.7. The molecule has 4 aromatic rings. The summed E-state index contributed by atoms with van der Waals surface area (Å²) in [5.74, 6) is 0.0992. The van der Waals surface area contributed by atoms with E-state index in [1.165, 1.54) is 0 Å². The van der Waals surface area contributed by atoms with Crippen LogP contribution in [0, 0.1) is 13.8 Å². The van der Waals surface area contributed by atoms with E-state index < -0.39 is 0 Å². The monoisotopic (exact) mass is 367 g/mol. The van der Waals surface area contributed by atoms with Gasteiger partial charge in [-0.3, -0.25) is 4.79 Å². The number of benzene rings is 3. The van der Waals surface area contributed by atoms with E-state index in [0.29, 0.717) is 16.8 Å². The zero-order chi connectivity index (χ0) is 19.7. The molecule has 0 unspecified atom stereocenters. The summed E-state index contributed by atoms with van der Waals surface area (Å²) in [5, 5.41) is 4.58. The first-order valence-electron chi connectivity index (χ1n) is 9.17. The summed E-state index contributed by atoms with van der Waals surface area (Å²) in [4.78, 5) is 13.3. The first-order chi connectivity index (χ1) is 13.6. The van der Waals surface area contributed by atoms with Crippen LogP contribution in [0.15, 0.2) is 78.9 Å². The predicted octanol–water partition coefficient (Wildman–Crippen LogP) is 4.97. The Balaban J connectivity index is 2.01. The maximum absolute atomic E-state index is 13.3. The zero-order valence-corrected chi connectivity index (χ0v) is 15.9. The van der Waals surface area contributed by atoms with E-state index in [4.69, 9.17) is 5.73 Å². The molecule has 0 fully saturated rings. The minimum absolute atomic E-state index is 0.131. The molecule has 28 heavy (non-hydrogen) atoms. The number of nitrogens with two attached hydrogens (primary N) is 1. The smallest absolute Gasteiger partial charge is 0.199 e. The van der Waals surface area contributed by atoms with E-state index in [1.54, 1.807) is 16.8 Å². The largest absolute Gasteiger partial charge is 0.382 e. The van der Waals surface area contributed by atoms with Crippen molar-refractivity contribution in [2.24, 2.45) is 0 Å². The molecule has 2 N–H and O–H groups in total. The Morgan fingerprint density at radius 2 is 1.54 bits per heavy atom. The van der Waals surface area contributed by atoms with E-state index in [9.17, 15) is 4.79 Å². The Hall–Kier alpha value is -3.66. The number of nitrogens with zero attached hydrogens (tertiary/aromatic N) is 2. The third kappa shape index (κ3) is 3.09. The maximum Gasteiger partial charge on any atom is 0.199 e. The fourth-order valence-corrected chi connectivity index (χ4v) is 3.38. The van der Waals surface area contributed by atoms with E-state index in [-0.39, 0.29) is 11.6 Å². The van der Waals surface area contributed by atoms with Crippen molar-refractivity contribution in [1.29, 1.82) is 0 Å². The van der Waals surface area contributed by atoms with Gasteiger partial charge in [0.1, 0.15) is 0 Å². The van der Waals surface area contributed by atoms with Crippen molar-refractivity contribution in [3.63, 3.8) is 0 Å². The SMILES string of the molecule is Cc1ccc(C)c(-n2nc(N)c(C(=O)c3ccccc3)c2-c2ccccc2)c1. The van der Waals surface area contributed by atoms with Crippen LogP contribution in [0.1, 0.15) is 27.0 Å². The van der Waals surface area contributed by atoms with Crippen LogP contribution in [-0.2, 0) is 0 Å². The first-order valence-corrected chi connectivity index (χ1v) is 9.17. The van der Waals surface area contributed by atoms with Crippen LogP contribution in [0.2, 0.25) is 0 Å². The molecule has 4 nitrogen and oxygen atoms in total. The average molecular weight is 367 g/mol. The fraction of sp³-hybridized carbons (Fsp3) is 0.0833. The maximum atomic E-state index is 13.3. The molecule has 0 aliphatic heterocycles. The average Bonchev–Trinajstić information content (AvgIpc) is 3.07. The van der Waals surface area contributed by atoms with Crippen molar-refractivity contribution >= 4 is 11.6 Å². The number of nitrogen functional groups attached to an aromatic ring is 1. The molecule has 138 valence electrons. The highest BCUT2D eigenvalue weighted by molar-refractivity contribution is 6.15. The van der Waals surface area contributed by atoms with Crippen LogP contribution in [0.25, 0.3) is 16.9 Å². The van der Waals surface area contributed by atoms with Crippen molar-refractivity contribution in [2.45, 2.75) is 13.8 Å². The molecule has 0 aliphatic carbocycles. The summed E-state index contributed by atoms with van der Waals surface area (Å²) in [5.41, 5.74) is 12.0. The second-order valence-corrected chi connectivity index (χ2v) is 6.87. The summed E-state index contributed by atoms with van der Waals surface area (Å²) in [6, 6.07) is 25.1. The molecule has 1 aromatic heterocycles. The topological polar surface area (TPSA) is 60.9 Å². The lowest BCUT2D eigenvalue weighted by Gasteiger charge is -2.12. The van der Waals surface area contributed by atoms with Gasteiger partial charge in [-0.05, 0) is 31.0 Å². The molecule has 0 amide bonds. The summed E-state index contributed by atoms with van der Waals surface area (Å²) < 4.78 is 1.79. The summed E-state index contributed by atoms with van der Waals surface area (Å²) in [7, 11) is 0. The number of carbonyl (C=O) groups is 1. The summed E-state index contributed by atoms with van der Waals surface area (Å²) >= 11 is 0. The molecule has 0 aliphatic rings. The fourth-order valence-electron chi connectivity index (χ4n) is 3.38.